The molecule has 0 saturated heterocycles. The zero-order valence-corrected chi connectivity index (χ0v) is 9.42. The molecule has 2 rings (SSSR count). The summed E-state index contributed by atoms with van der Waals surface area (Å²) >= 11 is 0. The molecular formula is C13H18FNO. The Kier molecular flexibility index (Phi) is 3.65. The standard InChI is InChI=1S/C13H18FNO/c14-12-7-6-11(8-13(12)15)16-9-10-4-2-1-3-5-10/h6-8,10H,1-5,9,15H2. The summed E-state index contributed by atoms with van der Waals surface area (Å²) in [5.41, 5.74) is 5.63. The van der Waals surface area contributed by atoms with Gasteiger partial charge in [-0.05, 0) is 30.9 Å². The Hall–Kier alpha value is -1.25. The van der Waals surface area contributed by atoms with Crippen LogP contribution < -0.4 is 10.5 Å². The maximum atomic E-state index is 12.9. The van der Waals surface area contributed by atoms with Gasteiger partial charge in [0.2, 0.25) is 0 Å². The van der Waals surface area contributed by atoms with Crippen molar-refractivity contribution >= 4 is 5.69 Å². The number of benzene rings is 1. The second-order valence-electron chi connectivity index (χ2n) is 4.50. The van der Waals surface area contributed by atoms with Gasteiger partial charge in [0, 0.05) is 6.07 Å². The third-order valence-electron chi connectivity index (χ3n) is 3.18. The van der Waals surface area contributed by atoms with Crippen LogP contribution in [0.15, 0.2) is 18.2 Å². The van der Waals surface area contributed by atoms with Gasteiger partial charge in [-0.25, -0.2) is 4.39 Å². The topological polar surface area (TPSA) is 35.2 Å². The maximum absolute atomic E-state index is 12.9. The third kappa shape index (κ3) is 2.87. The van der Waals surface area contributed by atoms with E-state index in [1.165, 1.54) is 38.2 Å². The molecule has 0 aliphatic heterocycles. The highest BCUT2D eigenvalue weighted by Gasteiger charge is 2.14. The number of nitrogen functional groups attached to an aromatic ring is 1. The van der Waals surface area contributed by atoms with E-state index in [0.717, 1.165) is 6.61 Å². The lowest BCUT2D eigenvalue weighted by Gasteiger charge is -2.21. The van der Waals surface area contributed by atoms with E-state index in [0.29, 0.717) is 11.7 Å². The first kappa shape index (κ1) is 11.2. The lowest BCUT2D eigenvalue weighted by Crippen LogP contribution is -2.15. The van der Waals surface area contributed by atoms with E-state index in [2.05, 4.69) is 0 Å². The summed E-state index contributed by atoms with van der Waals surface area (Å²) in [6.07, 6.45) is 6.45. The Morgan fingerprint density at radius 1 is 1.25 bits per heavy atom. The van der Waals surface area contributed by atoms with E-state index in [9.17, 15) is 4.39 Å². The molecule has 0 bridgehead atoms. The zero-order valence-electron chi connectivity index (χ0n) is 9.42. The largest absolute Gasteiger partial charge is 0.493 e. The van der Waals surface area contributed by atoms with Gasteiger partial charge in [-0.3, -0.25) is 0 Å². The van der Waals surface area contributed by atoms with Crippen molar-refractivity contribution < 1.29 is 9.13 Å². The molecule has 2 N–H and O–H groups in total. The minimum absolute atomic E-state index is 0.154. The predicted molar refractivity (Wildman–Crippen MR) is 62.9 cm³/mol. The second-order valence-corrected chi connectivity index (χ2v) is 4.50. The molecule has 16 heavy (non-hydrogen) atoms. The lowest BCUT2D eigenvalue weighted by atomic mass is 9.90. The summed E-state index contributed by atoms with van der Waals surface area (Å²) in [6, 6.07) is 4.54. The average Bonchev–Trinajstić information content (AvgIpc) is 2.32. The second kappa shape index (κ2) is 5.19. The first-order valence-electron chi connectivity index (χ1n) is 5.93. The van der Waals surface area contributed by atoms with Gasteiger partial charge >= 0.3 is 0 Å². The number of hydrogen-bond donors (Lipinski definition) is 1. The number of halogens is 1. The van der Waals surface area contributed by atoms with Crippen molar-refractivity contribution in [2.45, 2.75) is 32.1 Å². The van der Waals surface area contributed by atoms with Crippen LogP contribution in [0.25, 0.3) is 0 Å². The van der Waals surface area contributed by atoms with Gasteiger partial charge in [-0.15, -0.1) is 0 Å². The Labute approximate surface area is 95.6 Å². The Bertz CT molecular complexity index is 348. The first-order valence-corrected chi connectivity index (χ1v) is 5.93. The van der Waals surface area contributed by atoms with Crippen LogP contribution in [0.4, 0.5) is 10.1 Å². The Balaban J connectivity index is 1.86. The van der Waals surface area contributed by atoms with E-state index in [1.54, 1.807) is 12.1 Å². The predicted octanol–water partition coefficient (Wildman–Crippen LogP) is 3.37. The van der Waals surface area contributed by atoms with Crippen LogP contribution in [-0.2, 0) is 0 Å². The van der Waals surface area contributed by atoms with Gasteiger partial charge in [0.25, 0.3) is 0 Å². The van der Waals surface area contributed by atoms with Crippen molar-refractivity contribution in [2.24, 2.45) is 5.92 Å². The molecule has 0 spiro atoms. The number of hydrogen-bond acceptors (Lipinski definition) is 2. The number of nitrogens with two attached hydrogens (primary N) is 1. The fourth-order valence-corrected chi connectivity index (χ4v) is 2.18. The lowest BCUT2D eigenvalue weighted by molar-refractivity contribution is 0.209. The molecule has 0 atom stereocenters. The fourth-order valence-electron chi connectivity index (χ4n) is 2.18. The van der Waals surface area contributed by atoms with Crippen LogP contribution >= 0.6 is 0 Å². The van der Waals surface area contributed by atoms with Gasteiger partial charge in [-0.2, -0.15) is 0 Å². The first-order chi connectivity index (χ1) is 7.75. The van der Waals surface area contributed by atoms with Crippen LogP contribution in [0.5, 0.6) is 5.75 Å². The molecule has 0 unspecified atom stereocenters. The molecule has 1 aliphatic rings. The molecule has 1 aromatic carbocycles. The molecule has 1 aromatic rings. The molecule has 1 saturated carbocycles. The quantitative estimate of drug-likeness (QED) is 0.797. The molecular weight excluding hydrogens is 205 g/mol. The maximum Gasteiger partial charge on any atom is 0.146 e. The molecule has 2 nitrogen and oxygen atoms in total. The van der Waals surface area contributed by atoms with Gasteiger partial charge in [0.05, 0.1) is 12.3 Å². The minimum atomic E-state index is -0.384. The molecule has 0 heterocycles. The van der Waals surface area contributed by atoms with E-state index < -0.39 is 0 Å². The molecule has 0 aromatic heterocycles. The van der Waals surface area contributed by atoms with Crippen molar-refractivity contribution in [1.29, 1.82) is 0 Å². The van der Waals surface area contributed by atoms with E-state index in [-0.39, 0.29) is 11.5 Å². The van der Waals surface area contributed by atoms with Crippen LogP contribution in [0.2, 0.25) is 0 Å². The number of rotatable bonds is 3. The van der Waals surface area contributed by atoms with Gasteiger partial charge < -0.3 is 10.5 Å². The van der Waals surface area contributed by atoms with Gasteiger partial charge in [-0.1, -0.05) is 19.3 Å². The SMILES string of the molecule is Nc1cc(OCC2CCCCC2)ccc1F. The Morgan fingerprint density at radius 2 is 2.00 bits per heavy atom. The van der Waals surface area contributed by atoms with Crippen molar-refractivity contribution in [3.63, 3.8) is 0 Å². The summed E-state index contributed by atoms with van der Waals surface area (Å²) in [5, 5.41) is 0. The summed E-state index contributed by atoms with van der Waals surface area (Å²) in [5.74, 6) is 0.939. The van der Waals surface area contributed by atoms with Crippen LogP contribution in [0, 0.1) is 11.7 Å². The van der Waals surface area contributed by atoms with Crippen molar-refractivity contribution in [3.05, 3.63) is 24.0 Å². The highest BCUT2D eigenvalue weighted by atomic mass is 19.1. The number of anilines is 1. The third-order valence-corrected chi connectivity index (χ3v) is 3.18. The van der Waals surface area contributed by atoms with Crippen LogP contribution in [-0.4, -0.2) is 6.61 Å². The van der Waals surface area contributed by atoms with Crippen molar-refractivity contribution in [1.82, 2.24) is 0 Å². The van der Waals surface area contributed by atoms with E-state index in [1.807, 2.05) is 0 Å². The average molecular weight is 223 g/mol. The highest BCUT2D eigenvalue weighted by Crippen LogP contribution is 2.25. The van der Waals surface area contributed by atoms with Crippen molar-refractivity contribution in [2.75, 3.05) is 12.3 Å². The fraction of sp³-hybridized carbons (Fsp3) is 0.538. The highest BCUT2D eigenvalue weighted by molar-refractivity contribution is 5.45. The number of ether oxygens (including phenoxy) is 1. The van der Waals surface area contributed by atoms with E-state index >= 15 is 0 Å². The smallest absolute Gasteiger partial charge is 0.146 e. The van der Waals surface area contributed by atoms with Crippen molar-refractivity contribution in [3.8, 4) is 5.75 Å². The summed E-state index contributed by atoms with van der Waals surface area (Å²) < 4.78 is 18.5. The normalized spacial score (nSPS) is 17.3. The van der Waals surface area contributed by atoms with Crippen LogP contribution in [0.3, 0.4) is 0 Å². The van der Waals surface area contributed by atoms with Gasteiger partial charge in [0.1, 0.15) is 11.6 Å². The molecule has 0 radical (unpaired) electrons. The van der Waals surface area contributed by atoms with Gasteiger partial charge in [0.15, 0.2) is 0 Å². The summed E-state index contributed by atoms with van der Waals surface area (Å²) in [6.45, 7) is 0.727. The molecule has 3 heteroatoms. The zero-order chi connectivity index (χ0) is 11.4. The molecule has 1 aliphatic carbocycles. The summed E-state index contributed by atoms with van der Waals surface area (Å²) in [7, 11) is 0. The molecule has 1 fully saturated rings. The molecule has 0 amide bonds. The molecule has 88 valence electrons. The summed E-state index contributed by atoms with van der Waals surface area (Å²) in [4.78, 5) is 0. The minimum Gasteiger partial charge on any atom is -0.493 e. The monoisotopic (exact) mass is 223 g/mol. The van der Waals surface area contributed by atoms with Crippen LogP contribution in [0.1, 0.15) is 32.1 Å². The Morgan fingerprint density at radius 3 is 2.69 bits per heavy atom. The van der Waals surface area contributed by atoms with E-state index in [4.69, 9.17) is 10.5 Å².